The van der Waals surface area contributed by atoms with Crippen LogP contribution in [-0.2, 0) is 4.79 Å². The molecule has 0 bridgehead atoms. The number of likely N-dealkylation sites (tertiary alicyclic amines) is 1. The minimum atomic E-state index is -0.707. The largest absolute Gasteiger partial charge is 2.00 e. The second-order valence-corrected chi connectivity index (χ2v) is 2.73. The van der Waals surface area contributed by atoms with Crippen LogP contribution in [0.5, 0.6) is 0 Å². The molecule has 0 aromatic heterocycles. The Morgan fingerprint density at radius 1 is 1.36 bits per heavy atom. The van der Waals surface area contributed by atoms with Gasteiger partial charge in [0.2, 0.25) is 0 Å². The quantitative estimate of drug-likeness (QED) is 0.609. The van der Waals surface area contributed by atoms with Crippen molar-refractivity contribution in [3.63, 3.8) is 0 Å². The van der Waals surface area contributed by atoms with Gasteiger partial charge in [-0.25, -0.2) is 0 Å². The van der Waals surface area contributed by atoms with Crippen molar-refractivity contribution in [2.45, 2.75) is 19.3 Å². The van der Waals surface area contributed by atoms with Crippen LogP contribution in [0.15, 0.2) is 0 Å². The smallest absolute Gasteiger partial charge is 1.00 e. The van der Waals surface area contributed by atoms with Crippen LogP contribution in [0.4, 0.5) is 0 Å². The maximum Gasteiger partial charge on any atom is 2.00 e. The predicted octanol–water partition coefficient (Wildman–Crippen LogP) is 0.401. The van der Waals surface area contributed by atoms with Crippen molar-refractivity contribution in [3.05, 3.63) is 0 Å². The fourth-order valence-electron chi connectivity index (χ4n) is 1.31. The minimum Gasteiger partial charge on any atom is -1.00 e. The third kappa shape index (κ3) is 4.60. The van der Waals surface area contributed by atoms with Crippen LogP contribution in [0, 0.1) is 0 Å². The SMILES string of the molecule is O=C(O)CN1CCCCC1.[H-].[H-].[Mg+2]. The molecule has 0 atom stereocenters. The minimum absolute atomic E-state index is 0. The van der Waals surface area contributed by atoms with Crippen molar-refractivity contribution in [1.29, 1.82) is 0 Å². The van der Waals surface area contributed by atoms with Crippen molar-refractivity contribution in [3.8, 4) is 0 Å². The van der Waals surface area contributed by atoms with E-state index < -0.39 is 5.97 Å². The van der Waals surface area contributed by atoms with Gasteiger partial charge in [-0.2, -0.15) is 0 Å². The zero-order chi connectivity index (χ0) is 7.40. The molecule has 1 rings (SSSR count). The number of aliphatic carboxylic acids is 1. The molecule has 1 N–H and O–H groups in total. The predicted molar refractivity (Wildman–Crippen MR) is 45.9 cm³/mol. The summed E-state index contributed by atoms with van der Waals surface area (Å²) < 4.78 is 0. The van der Waals surface area contributed by atoms with Crippen LogP contribution in [0.1, 0.15) is 22.1 Å². The normalized spacial score (nSPS) is 18.9. The van der Waals surface area contributed by atoms with Crippen molar-refractivity contribution in [2.24, 2.45) is 0 Å². The number of carbonyl (C=O) groups is 1. The number of piperidine rings is 1. The van der Waals surface area contributed by atoms with Gasteiger partial charge in [-0.3, -0.25) is 9.69 Å². The first kappa shape index (κ1) is 11.2. The van der Waals surface area contributed by atoms with E-state index in [0.29, 0.717) is 0 Å². The number of hydrogen-bond acceptors (Lipinski definition) is 2. The zero-order valence-corrected chi connectivity index (χ0v) is 8.17. The van der Waals surface area contributed by atoms with Crippen LogP contribution in [0.25, 0.3) is 0 Å². The summed E-state index contributed by atoms with van der Waals surface area (Å²) in [6.07, 6.45) is 3.58. The first-order valence-corrected chi connectivity index (χ1v) is 3.73. The van der Waals surface area contributed by atoms with Gasteiger partial charge in [-0.05, 0) is 25.9 Å². The Kier molecular flexibility index (Phi) is 5.90. The third-order valence-electron chi connectivity index (χ3n) is 1.81. The van der Waals surface area contributed by atoms with Crippen LogP contribution in [0.3, 0.4) is 0 Å². The maximum atomic E-state index is 10.2. The van der Waals surface area contributed by atoms with Gasteiger partial charge in [0.15, 0.2) is 0 Å². The van der Waals surface area contributed by atoms with Crippen LogP contribution < -0.4 is 0 Å². The van der Waals surface area contributed by atoms with E-state index in [9.17, 15) is 4.79 Å². The molecule has 0 saturated carbocycles. The second-order valence-electron chi connectivity index (χ2n) is 2.73. The number of carboxylic acids is 1. The number of carboxylic acid groups (broad SMARTS) is 1. The topological polar surface area (TPSA) is 40.5 Å². The summed E-state index contributed by atoms with van der Waals surface area (Å²) in [5.41, 5.74) is 0. The van der Waals surface area contributed by atoms with E-state index in [1.54, 1.807) is 0 Å². The van der Waals surface area contributed by atoms with Gasteiger partial charge in [0.05, 0.1) is 6.54 Å². The maximum absolute atomic E-state index is 10.2. The van der Waals surface area contributed by atoms with Crippen molar-refractivity contribution in [1.82, 2.24) is 4.90 Å². The molecule has 0 spiro atoms. The molecule has 3 nitrogen and oxygen atoms in total. The van der Waals surface area contributed by atoms with Gasteiger partial charge >= 0.3 is 29.0 Å². The summed E-state index contributed by atoms with van der Waals surface area (Å²) in [5.74, 6) is -0.707. The van der Waals surface area contributed by atoms with E-state index in [4.69, 9.17) is 5.11 Å². The molecule has 0 aromatic carbocycles. The summed E-state index contributed by atoms with van der Waals surface area (Å²) >= 11 is 0. The van der Waals surface area contributed by atoms with Crippen molar-refractivity contribution in [2.75, 3.05) is 19.6 Å². The second kappa shape index (κ2) is 5.80. The first-order chi connectivity index (χ1) is 4.79. The van der Waals surface area contributed by atoms with Crippen molar-refractivity contribution >= 4 is 29.0 Å². The van der Waals surface area contributed by atoms with Gasteiger partial charge in [0.1, 0.15) is 0 Å². The molecule has 0 aromatic rings. The van der Waals surface area contributed by atoms with Gasteiger partial charge in [-0.15, -0.1) is 0 Å². The van der Waals surface area contributed by atoms with Crippen LogP contribution in [0.2, 0.25) is 0 Å². The van der Waals surface area contributed by atoms with E-state index in [1.807, 2.05) is 4.90 Å². The number of nitrogens with zero attached hydrogens (tertiary/aromatic N) is 1. The zero-order valence-electron chi connectivity index (χ0n) is 8.75. The van der Waals surface area contributed by atoms with Gasteiger partial charge in [-0.1, -0.05) is 6.42 Å². The molecule has 1 saturated heterocycles. The van der Waals surface area contributed by atoms with Gasteiger partial charge in [0, 0.05) is 0 Å². The molecule has 0 radical (unpaired) electrons. The molecule has 0 aliphatic carbocycles. The molecule has 62 valence electrons. The molecule has 1 heterocycles. The summed E-state index contributed by atoms with van der Waals surface area (Å²) in [4.78, 5) is 12.2. The summed E-state index contributed by atoms with van der Waals surface area (Å²) in [6.45, 7) is 2.15. The van der Waals surface area contributed by atoms with E-state index in [2.05, 4.69) is 0 Å². The van der Waals surface area contributed by atoms with Crippen molar-refractivity contribution < 1.29 is 12.8 Å². The molecule has 1 aliphatic heterocycles. The summed E-state index contributed by atoms with van der Waals surface area (Å²) in [7, 11) is 0. The average molecular weight is 170 g/mol. The van der Waals surface area contributed by atoms with E-state index >= 15 is 0 Å². The Morgan fingerprint density at radius 2 is 1.91 bits per heavy atom. The molecule has 0 unspecified atom stereocenters. The van der Waals surface area contributed by atoms with Crippen LogP contribution in [-0.4, -0.2) is 58.7 Å². The fourth-order valence-corrected chi connectivity index (χ4v) is 1.31. The monoisotopic (exact) mass is 169 g/mol. The molecule has 0 amide bonds. The third-order valence-corrected chi connectivity index (χ3v) is 1.81. The molecular formula is C7H15MgNO2. The number of hydrogen-bond donors (Lipinski definition) is 1. The van der Waals surface area contributed by atoms with Gasteiger partial charge in [0.25, 0.3) is 0 Å². The number of rotatable bonds is 2. The Labute approximate surface area is 85.9 Å². The Bertz CT molecular complexity index is 132. The molecule has 11 heavy (non-hydrogen) atoms. The summed E-state index contributed by atoms with van der Waals surface area (Å²) in [6, 6.07) is 0. The summed E-state index contributed by atoms with van der Waals surface area (Å²) in [5, 5.41) is 8.42. The first-order valence-electron chi connectivity index (χ1n) is 3.73. The van der Waals surface area contributed by atoms with E-state index in [0.717, 1.165) is 25.9 Å². The van der Waals surface area contributed by atoms with Gasteiger partial charge < -0.3 is 7.96 Å². The van der Waals surface area contributed by atoms with Crippen LogP contribution >= 0.6 is 0 Å². The van der Waals surface area contributed by atoms with E-state index in [-0.39, 0.29) is 32.5 Å². The molecular weight excluding hydrogens is 154 g/mol. The molecule has 4 heteroatoms. The Hall–Kier alpha value is 0.196. The molecule has 1 aliphatic rings. The molecule has 1 fully saturated rings. The fraction of sp³-hybridized carbons (Fsp3) is 0.857. The van der Waals surface area contributed by atoms with E-state index in [1.165, 1.54) is 6.42 Å². The Morgan fingerprint density at radius 3 is 2.36 bits per heavy atom. The average Bonchev–Trinajstić information content (AvgIpc) is 1.88. The standard InChI is InChI=1S/C7H13NO2.Mg.2H/c9-7(10)6-8-4-2-1-3-5-8;;;/h1-6H2,(H,9,10);;;/q;+2;2*-1. The Balaban J connectivity index is -0.000000333.